The fourth-order valence-corrected chi connectivity index (χ4v) is 4.29. The van der Waals surface area contributed by atoms with Crippen molar-refractivity contribution in [3.8, 4) is 0 Å². The molecule has 3 atom stereocenters. The predicted molar refractivity (Wildman–Crippen MR) is 107 cm³/mol. The van der Waals surface area contributed by atoms with E-state index in [1.165, 1.54) is 18.9 Å². The fraction of sp³-hybridized carbons (Fsp3) is 0.714. The van der Waals surface area contributed by atoms with Gasteiger partial charge in [-0.15, -0.1) is 0 Å². The summed E-state index contributed by atoms with van der Waals surface area (Å²) in [6.45, 7) is 6.95. The number of hydrogen-bond acceptors (Lipinski definition) is 4. The molecular formula is C21H31F3N4O. The molecule has 2 heterocycles. The van der Waals surface area contributed by atoms with Gasteiger partial charge < -0.3 is 10.2 Å². The average molecular weight is 413 g/mol. The lowest BCUT2D eigenvalue weighted by atomic mass is 9.86. The van der Waals surface area contributed by atoms with Crippen LogP contribution in [0.5, 0.6) is 0 Å². The fourth-order valence-electron chi connectivity index (χ4n) is 4.29. The van der Waals surface area contributed by atoms with Gasteiger partial charge in [0.15, 0.2) is 0 Å². The van der Waals surface area contributed by atoms with Crippen LogP contribution in [0.2, 0.25) is 0 Å². The van der Waals surface area contributed by atoms with Gasteiger partial charge in [-0.05, 0) is 44.2 Å². The number of anilines is 1. The van der Waals surface area contributed by atoms with Gasteiger partial charge in [0.2, 0.25) is 5.91 Å². The molecule has 0 bridgehead atoms. The predicted octanol–water partition coefficient (Wildman–Crippen LogP) is 3.70. The van der Waals surface area contributed by atoms with Crippen LogP contribution in [0.15, 0.2) is 18.3 Å². The Bertz CT molecular complexity index is 679. The third kappa shape index (κ3) is 5.62. The molecule has 1 aromatic rings. The molecule has 8 heteroatoms. The minimum atomic E-state index is -4.38. The van der Waals surface area contributed by atoms with Crippen molar-refractivity contribution in [1.29, 1.82) is 0 Å². The van der Waals surface area contributed by atoms with Crippen LogP contribution in [-0.4, -0.2) is 54.1 Å². The molecule has 1 aromatic heterocycles. The number of nitrogens with one attached hydrogen (secondary N) is 1. The zero-order valence-electron chi connectivity index (χ0n) is 17.2. The minimum Gasteiger partial charge on any atom is -0.355 e. The summed E-state index contributed by atoms with van der Waals surface area (Å²) in [5, 5.41) is 3.24. The lowest BCUT2D eigenvalue weighted by Gasteiger charge is -2.33. The van der Waals surface area contributed by atoms with Crippen LogP contribution in [0, 0.1) is 5.92 Å². The zero-order valence-corrected chi connectivity index (χ0v) is 17.2. The van der Waals surface area contributed by atoms with Crippen molar-refractivity contribution in [2.24, 2.45) is 5.92 Å². The third-order valence-corrected chi connectivity index (χ3v) is 6.30. The molecule has 0 aromatic carbocycles. The largest absolute Gasteiger partial charge is 0.417 e. The van der Waals surface area contributed by atoms with Crippen molar-refractivity contribution in [3.63, 3.8) is 0 Å². The summed E-state index contributed by atoms with van der Waals surface area (Å²) in [6, 6.07) is 2.55. The molecule has 2 fully saturated rings. The first kappa shape index (κ1) is 21.9. The van der Waals surface area contributed by atoms with Crippen LogP contribution >= 0.6 is 0 Å². The van der Waals surface area contributed by atoms with Gasteiger partial charge in [0, 0.05) is 38.4 Å². The number of aromatic nitrogens is 1. The van der Waals surface area contributed by atoms with E-state index in [1.807, 2.05) is 11.8 Å². The van der Waals surface area contributed by atoms with E-state index in [4.69, 9.17) is 0 Å². The highest BCUT2D eigenvalue weighted by molar-refractivity contribution is 5.81. The molecule has 0 spiro atoms. The molecule has 2 aliphatic rings. The lowest BCUT2D eigenvalue weighted by Crippen LogP contribution is -2.51. The Balaban J connectivity index is 1.55. The SMILES string of the molecule is C[C@@H]1CCCC[C@H]1NC(=O)[C@@H](C)N1CCCN(c2ccc(C(F)(F)F)cn2)CC1. The van der Waals surface area contributed by atoms with Gasteiger partial charge in [-0.1, -0.05) is 19.8 Å². The van der Waals surface area contributed by atoms with E-state index in [9.17, 15) is 18.0 Å². The van der Waals surface area contributed by atoms with Crippen molar-refractivity contribution >= 4 is 11.7 Å². The monoisotopic (exact) mass is 412 g/mol. The summed E-state index contributed by atoms with van der Waals surface area (Å²) >= 11 is 0. The Kier molecular flexibility index (Phi) is 7.03. The maximum Gasteiger partial charge on any atom is 0.417 e. The van der Waals surface area contributed by atoms with Crippen molar-refractivity contribution in [2.75, 3.05) is 31.1 Å². The summed E-state index contributed by atoms with van der Waals surface area (Å²) < 4.78 is 38.2. The van der Waals surface area contributed by atoms with Crippen molar-refractivity contribution in [2.45, 2.75) is 64.2 Å². The topological polar surface area (TPSA) is 48.5 Å². The van der Waals surface area contributed by atoms with E-state index in [-0.39, 0.29) is 18.0 Å². The van der Waals surface area contributed by atoms with Crippen LogP contribution in [0.25, 0.3) is 0 Å². The highest BCUT2D eigenvalue weighted by Crippen LogP contribution is 2.29. The van der Waals surface area contributed by atoms with Crippen LogP contribution in [-0.2, 0) is 11.0 Å². The van der Waals surface area contributed by atoms with E-state index >= 15 is 0 Å². The molecule has 1 saturated carbocycles. The number of hydrogen-bond donors (Lipinski definition) is 1. The number of rotatable bonds is 4. The Morgan fingerprint density at radius 3 is 2.55 bits per heavy atom. The molecular weight excluding hydrogens is 381 g/mol. The smallest absolute Gasteiger partial charge is 0.355 e. The molecule has 1 aliphatic heterocycles. The Hall–Kier alpha value is -1.83. The Morgan fingerprint density at radius 2 is 1.90 bits per heavy atom. The highest BCUT2D eigenvalue weighted by Gasteiger charge is 2.31. The third-order valence-electron chi connectivity index (χ3n) is 6.30. The molecule has 29 heavy (non-hydrogen) atoms. The number of halogens is 3. The summed E-state index contributed by atoms with van der Waals surface area (Å²) in [4.78, 5) is 20.9. The van der Waals surface area contributed by atoms with E-state index in [2.05, 4.69) is 22.1 Å². The van der Waals surface area contributed by atoms with Crippen LogP contribution in [0.1, 0.15) is 51.5 Å². The van der Waals surface area contributed by atoms with Crippen LogP contribution in [0.4, 0.5) is 19.0 Å². The molecule has 3 rings (SSSR count). The summed E-state index contributed by atoms with van der Waals surface area (Å²) in [5.41, 5.74) is -0.736. The number of carbonyl (C=O) groups is 1. The second-order valence-electron chi connectivity index (χ2n) is 8.33. The molecule has 1 aliphatic carbocycles. The molecule has 162 valence electrons. The second kappa shape index (κ2) is 9.32. The van der Waals surface area contributed by atoms with Crippen LogP contribution < -0.4 is 10.2 Å². The first-order valence-corrected chi connectivity index (χ1v) is 10.6. The summed E-state index contributed by atoms with van der Waals surface area (Å²) in [5.74, 6) is 1.14. The number of alkyl halides is 3. The standard InChI is InChI=1S/C21H31F3N4O/c1-15-6-3-4-7-18(15)26-20(29)16(2)27-10-5-11-28(13-12-27)19-9-8-17(14-25-19)21(22,23)24/h8-9,14-16,18H,3-7,10-13H2,1-2H3,(H,26,29)/t15-,16-,18-/m1/s1. The molecule has 0 radical (unpaired) electrons. The molecule has 1 saturated heterocycles. The van der Waals surface area contributed by atoms with Crippen molar-refractivity contribution in [1.82, 2.24) is 15.2 Å². The van der Waals surface area contributed by atoms with E-state index in [0.717, 1.165) is 38.1 Å². The highest BCUT2D eigenvalue weighted by atomic mass is 19.4. The Morgan fingerprint density at radius 1 is 1.14 bits per heavy atom. The molecule has 5 nitrogen and oxygen atoms in total. The first-order chi connectivity index (χ1) is 13.8. The molecule has 1 amide bonds. The number of amides is 1. The van der Waals surface area contributed by atoms with Gasteiger partial charge in [0.1, 0.15) is 5.82 Å². The van der Waals surface area contributed by atoms with Gasteiger partial charge in [0.05, 0.1) is 11.6 Å². The normalized spacial score (nSPS) is 25.3. The number of carbonyl (C=O) groups excluding carboxylic acids is 1. The van der Waals surface area contributed by atoms with Gasteiger partial charge in [-0.25, -0.2) is 4.98 Å². The molecule has 0 unspecified atom stereocenters. The van der Waals surface area contributed by atoms with Gasteiger partial charge in [-0.3, -0.25) is 9.69 Å². The maximum absolute atomic E-state index is 12.8. The van der Waals surface area contributed by atoms with E-state index in [0.29, 0.717) is 31.4 Å². The Labute approximate surface area is 170 Å². The second-order valence-corrected chi connectivity index (χ2v) is 8.33. The zero-order chi connectivity index (χ0) is 21.0. The number of pyridine rings is 1. The average Bonchev–Trinajstić information content (AvgIpc) is 2.95. The summed E-state index contributed by atoms with van der Waals surface area (Å²) in [6.07, 6.45) is 1.97. The van der Waals surface area contributed by atoms with Gasteiger partial charge >= 0.3 is 6.18 Å². The van der Waals surface area contributed by atoms with Gasteiger partial charge in [0.25, 0.3) is 0 Å². The number of nitrogens with zero attached hydrogens (tertiary/aromatic N) is 3. The molecule has 1 N–H and O–H groups in total. The quantitative estimate of drug-likeness (QED) is 0.819. The van der Waals surface area contributed by atoms with Crippen molar-refractivity contribution in [3.05, 3.63) is 23.9 Å². The lowest BCUT2D eigenvalue weighted by molar-refractivity contribution is -0.137. The van der Waals surface area contributed by atoms with E-state index in [1.54, 1.807) is 0 Å². The summed E-state index contributed by atoms with van der Waals surface area (Å²) in [7, 11) is 0. The maximum atomic E-state index is 12.8. The van der Waals surface area contributed by atoms with Crippen LogP contribution in [0.3, 0.4) is 0 Å². The van der Waals surface area contributed by atoms with Crippen molar-refractivity contribution < 1.29 is 18.0 Å². The first-order valence-electron chi connectivity index (χ1n) is 10.6. The van der Waals surface area contributed by atoms with E-state index < -0.39 is 11.7 Å². The minimum absolute atomic E-state index is 0.0739. The van der Waals surface area contributed by atoms with Gasteiger partial charge in [-0.2, -0.15) is 13.2 Å².